The summed E-state index contributed by atoms with van der Waals surface area (Å²) >= 11 is 0. The number of aromatic nitrogens is 1. The van der Waals surface area contributed by atoms with E-state index in [0.29, 0.717) is 5.69 Å². The molecule has 1 heterocycles. The fraction of sp³-hybridized carbons (Fsp3) is 0.500. The molecule has 0 amide bonds. The molecule has 0 aromatic carbocycles. The van der Waals surface area contributed by atoms with Gasteiger partial charge in [0.05, 0.1) is 5.69 Å². The molecule has 0 fully saturated rings. The topological polar surface area (TPSA) is 53.1 Å². The van der Waals surface area contributed by atoms with Crippen LogP contribution in [0.3, 0.4) is 0 Å². The van der Waals surface area contributed by atoms with Gasteiger partial charge in [-0.3, -0.25) is 4.79 Å². The average molecular weight is 181 g/mol. The highest BCUT2D eigenvalue weighted by Gasteiger charge is 2.09. The first-order valence-corrected chi connectivity index (χ1v) is 4.44. The van der Waals surface area contributed by atoms with Gasteiger partial charge in [0.1, 0.15) is 0 Å². The summed E-state index contributed by atoms with van der Waals surface area (Å²) in [5.74, 6) is 0. The first kappa shape index (κ1) is 9.99. The van der Waals surface area contributed by atoms with Crippen molar-refractivity contribution < 1.29 is 9.90 Å². The number of hydrogen-bond donors (Lipinski definition) is 2. The van der Waals surface area contributed by atoms with E-state index in [1.54, 1.807) is 0 Å². The molecule has 0 aliphatic rings. The van der Waals surface area contributed by atoms with Gasteiger partial charge in [-0.2, -0.15) is 0 Å². The number of aldehydes is 1. The Morgan fingerprint density at radius 2 is 2.15 bits per heavy atom. The van der Waals surface area contributed by atoms with Gasteiger partial charge in [-0.1, -0.05) is 0 Å². The SMILES string of the molecule is Cc1[nH]c(C=O)c(C)c1CCCO. The molecular weight excluding hydrogens is 166 g/mol. The lowest BCUT2D eigenvalue weighted by Gasteiger charge is -1.99. The molecule has 3 nitrogen and oxygen atoms in total. The van der Waals surface area contributed by atoms with Crippen LogP contribution in [-0.2, 0) is 6.42 Å². The second-order valence-corrected chi connectivity index (χ2v) is 3.21. The van der Waals surface area contributed by atoms with Gasteiger partial charge in [0.2, 0.25) is 0 Å². The Labute approximate surface area is 77.8 Å². The third-order valence-electron chi connectivity index (χ3n) is 2.33. The van der Waals surface area contributed by atoms with Gasteiger partial charge in [0.15, 0.2) is 6.29 Å². The minimum absolute atomic E-state index is 0.195. The fourth-order valence-electron chi connectivity index (χ4n) is 1.56. The molecule has 0 saturated heterocycles. The van der Waals surface area contributed by atoms with Gasteiger partial charge in [0.25, 0.3) is 0 Å². The molecule has 13 heavy (non-hydrogen) atoms. The summed E-state index contributed by atoms with van der Waals surface area (Å²) in [6, 6.07) is 0. The minimum Gasteiger partial charge on any atom is -0.396 e. The maximum atomic E-state index is 10.6. The lowest BCUT2D eigenvalue weighted by Crippen LogP contribution is -1.92. The predicted molar refractivity (Wildman–Crippen MR) is 51.1 cm³/mol. The van der Waals surface area contributed by atoms with E-state index in [1.165, 1.54) is 0 Å². The van der Waals surface area contributed by atoms with Crippen molar-refractivity contribution in [3.05, 3.63) is 22.5 Å². The van der Waals surface area contributed by atoms with Crippen molar-refractivity contribution in [1.29, 1.82) is 0 Å². The Morgan fingerprint density at radius 3 is 2.62 bits per heavy atom. The van der Waals surface area contributed by atoms with Gasteiger partial charge in [-0.05, 0) is 37.8 Å². The van der Waals surface area contributed by atoms with Gasteiger partial charge in [-0.15, -0.1) is 0 Å². The molecule has 0 radical (unpaired) electrons. The number of hydrogen-bond acceptors (Lipinski definition) is 2. The number of aliphatic hydroxyl groups is 1. The summed E-state index contributed by atoms with van der Waals surface area (Å²) in [6.07, 6.45) is 2.42. The maximum Gasteiger partial charge on any atom is 0.166 e. The number of H-pyrrole nitrogens is 1. The van der Waals surface area contributed by atoms with E-state index < -0.39 is 0 Å². The molecule has 0 bridgehead atoms. The molecule has 0 saturated carbocycles. The van der Waals surface area contributed by atoms with E-state index in [9.17, 15) is 4.79 Å². The quantitative estimate of drug-likeness (QED) is 0.689. The Morgan fingerprint density at radius 1 is 1.46 bits per heavy atom. The summed E-state index contributed by atoms with van der Waals surface area (Å²) < 4.78 is 0. The van der Waals surface area contributed by atoms with E-state index in [0.717, 1.165) is 35.9 Å². The minimum atomic E-state index is 0.195. The van der Waals surface area contributed by atoms with Crippen molar-refractivity contribution >= 4 is 6.29 Å². The van der Waals surface area contributed by atoms with Gasteiger partial charge >= 0.3 is 0 Å². The van der Waals surface area contributed by atoms with Crippen LogP contribution in [0.15, 0.2) is 0 Å². The highest BCUT2D eigenvalue weighted by molar-refractivity contribution is 5.75. The van der Waals surface area contributed by atoms with Crippen LogP contribution in [0.2, 0.25) is 0 Å². The second-order valence-electron chi connectivity index (χ2n) is 3.21. The molecule has 1 rings (SSSR count). The van der Waals surface area contributed by atoms with Gasteiger partial charge in [-0.25, -0.2) is 0 Å². The van der Waals surface area contributed by atoms with Crippen molar-refractivity contribution in [3.8, 4) is 0 Å². The zero-order valence-corrected chi connectivity index (χ0v) is 8.05. The van der Waals surface area contributed by atoms with Crippen LogP contribution in [-0.4, -0.2) is 23.0 Å². The van der Waals surface area contributed by atoms with Crippen LogP contribution >= 0.6 is 0 Å². The molecule has 2 N–H and O–H groups in total. The van der Waals surface area contributed by atoms with E-state index in [1.807, 2.05) is 13.8 Å². The zero-order chi connectivity index (χ0) is 9.84. The van der Waals surface area contributed by atoms with E-state index >= 15 is 0 Å². The van der Waals surface area contributed by atoms with Crippen molar-refractivity contribution in [3.63, 3.8) is 0 Å². The molecule has 72 valence electrons. The lowest BCUT2D eigenvalue weighted by atomic mass is 10.1. The Hall–Kier alpha value is -1.09. The van der Waals surface area contributed by atoms with Gasteiger partial charge in [0, 0.05) is 12.3 Å². The number of aromatic amines is 1. The number of carbonyl (C=O) groups excluding carboxylic acids is 1. The third-order valence-corrected chi connectivity index (χ3v) is 2.33. The van der Waals surface area contributed by atoms with Gasteiger partial charge < -0.3 is 10.1 Å². The average Bonchev–Trinajstić information content (AvgIpc) is 2.39. The van der Waals surface area contributed by atoms with Crippen LogP contribution in [0.5, 0.6) is 0 Å². The first-order chi connectivity index (χ1) is 6.20. The summed E-state index contributed by atoms with van der Waals surface area (Å²) in [6.45, 7) is 4.08. The molecule has 3 heteroatoms. The van der Waals surface area contributed by atoms with Crippen molar-refractivity contribution in [2.24, 2.45) is 0 Å². The molecular formula is C10H15NO2. The number of rotatable bonds is 4. The molecule has 0 atom stereocenters. The molecule has 1 aromatic heterocycles. The fourth-order valence-corrected chi connectivity index (χ4v) is 1.56. The second kappa shape index (κ2) is 4.23. The molecule has 0 spiro atoms. The van der Waals surface area contributed by atoms with Crippen LogP contribution in [0.1, 0.15) is 33.7 Å². The Balaban J connectivity index is 2.91. The number of nitrogens with one attached hydrogen (secondary N) is 1. The summed E-state index contributed by atoms with van der Waals surface area (Å²) in [5.41, 5.74) is 3.87. The molecule has 1 aromatic rings. The normalized spacial score (nSPS) is 10.4. The zero-order valence-electron chi connectivity index (χ0n) is 8.05. The van der Waals surface area contributed by atoms with E-state index in [-0.39, 0.29) is 6.61 Å². The lowest BCUT2D eigenvalue weighted by molar-refractivity contribution is 0.111. The molecule has 0 aliphatic carbocycles. The largest absolute Gasteiger partial charge is 0.396 e. The summed E-state index contributed by atoms with van der Waals surface area (Å²) in [4.78, 5) is 13.6. The van der Waals surface area contributed by atoms with E-state index in [2.05, 4.69) is 4.98 Å². The van der Waals surface area contributed by atoms with Crippen molar-refractivity contribution in [2.45, 2.75) is 26.7 Å². The Bertz CT molecular complexity index is 302. The monoisotopic (exact) mass is 181 g/mol. The van der Waals surface area contributed by atoms with E-state index in [4.69, 9.17) is 5.11 Å². The van der Waals surface area contributed by atoms with Crippen LogP contribution in [0.4, 0.5) is 0 Å². The Kier molecular flexibility index (Phi) is 3.25. The number of carbonyl (C=O) groups is 1. The summed E-state index contributed by atoms with van der Waals surface area (Å²) in [7, 11) is 0. The van der Waals surface area contributed by atoms with Crippen LogP contribution < -0.4 is 0 Å². The predicted octanol–water partition coefficient (Wildman–Crippen LogP) is 1.37. The highest BCUT2D eigenvalue weighted by Crippen LogP contribution is 2.17. The van der Waals surface area contributed by atoms with Crippen LogP contribution in [0, 0.1) is 13.8 Å². The third kappa shape index (κ3) is 1.98. The highest BCUT2D eigenvalue weighted by atomic mass is 16.2. The maximum absolute atomic E-state index is 10.6. The number of aliphatic hydroxyl groups excluding tert-OH is 1. The molecule has 0 unspecified atom stereocenters. The molecule has 0 aliphatic heterocycles. The van der Waals surface area contributed by atoms with Crippen molar-refractivity contribution in [2.75, 3.05) is 6.61 Å². The standard InChI is InChI=1S/C10H15NO2/c1-7-9(4-3-5-12)8(2)11-10(7)6-13/h6,11-12H,3-5H2,1-2H3. The first-order valence-electron chi connectivity index (χ1n) is 4.44. The summed E-state index contributed by atoms with van der Waals surface area (Å²) in [5, 5.41) is 8.69. The smallest absolute Gasteiger partial charge is 0.166 e. The van der Waals surface area contributed by atoms with Crippen molar-refractivity contribution in [1.82, 2.24) is 4.98 Å². The van der Waals surface area contributed by atoms with Crippen LogP contribution in [0.25, 0.3) is 0 Å². The number of aryl methyl sites for hydroxylation is 1.